The Morgan fingerprint density at radius 2 is 1.83 bits per heavy atom. The van der Waals surface area contributed by atoms with Crippen molar-refractivity contribution in [3.05, 3.63) is 54.0 Å². The van der Waals surface area contributed by atoms with Crippen LogP contribution in [0.1, 0.15) is 57.3 Å². The van der Waals surface area contributed by atoms with Gasteiger partial charge in [-0.05, 0) is 76.1 Å². The van der Waals surface area contributed by atoms with Gasteiger partial charge < -0.3 is 20.4 Å². The summed E-state index contributed by atoms with van der Waals surface area (Å²) < 4.78 is 0. The summed E-state index contributed by atoms with van der Waals surface area (Å²) in [6.45, 7) is 19.0. The number of aliphatic hydroxyl groups excluding tert-OH is 1. The topological polar surface area (TPSA) is 98.6 Å². The average molecular weight is 495 g/mol. The Morgan fingerprint density at radius 1 is 1.19 bits per heavy atom. The second-order valence-electron chi connectivity index (χ2n) is 10.3. The molecule has 3 heterocycles. The predicted molar refractivity (Wildman–Crippen MR) is 145 cm³/mol. The van der Waals surface area contributed by atoms with Crippen molar-refractivity contribution in [1.82, 2.24) is 20.2 Å². The highest BCUT2D eigenvalue weighted by Crippen LogP contribution is 2.40. The highest BCUT2D eigenvalue weighted by atomic mass is 16.5. The Bertz CT molecular complexity index is 1080. The molecular weight excluding hydrogens is 452 g/mol. The summed E-state index contributed by atoms with van der Waals surface area (Å²) >= 11 is 0. The second-order valence-corrected chi connectivity index (χ2v) is 10.3. The predicted octanol–water partition coefficient (Wildman–Crippen LogP) is 1.93. The number of likely N-dealkylation sites (tertiary alicyclic amines) is 1. The molecule has 1 aromatic rings. The molecule has 4 rings (SSSR count). The van der Waals surface area contributed by atoms with Crippen LogP contribution in [0.25, 0.3) is 17.7 Å². The van der Waals surface area contributed by atoms with Gasteiger partial charge in [0.2, 0.25) is 5.91 Å². The van der Waals surface area contributed by atoms with Gasteiger partial charge in [0.05, 0.1) is 28.0 Å². The number of aromatic nitrogens is 2. The van der Waals surface area contributed by atoms with Crippen molar-refractivity contribution in [1.29, 1.82) is 0 Å². The summed E-state index contributed by atoms with van der Waals surface area (Å²) in [5.41, 5.74) is 2.57. The van der Waals surface area contributed by atoms with Crippen LogP contribution < -0.4 is 16.0 Å². The third-order valence-corrected chi connectivity index (χ3v) is 7.34. The summed E-state index contributed by atoms with van der Waals surface area (Å²) in [7, 11) is 0. The average Bonchev–Trinajstić information content (AvgIpc) is 2.84. The second kappa shape index (κ2) is 12.6. The van der Waals surface area contributed by atoms with Crippen molar-refractivity contribution in [2.75, 3.05) is 26.2 Å². The van der Waals surface area contributed by atoms with E-state index in [1.54, 1.807) is 12.2 Å². The molecule has 2 unspecified atom stereocenters. The zero-order valence-corrected chi connectivity index (χ0v) is 21.9. The van der Waals surface area contributed by atoms with Gasteiger partial charge in [-0.25, -0.2) is 9.97 Å². The van der Waals surface area contributed by atoms with Crippen LogP contribution in [0.15, 0.2) is 31.9 Å². The first-order chi connectivity index (χ1) is 17.2. The van der Waals surface area contributed by atoms with Crippen molar-refractivity contribution >= 4 is 23.6 Å². The van der Waals surface area contributed by atoms with Gasteiger partial charge in [0, 0.05) is 18.5 Å². The SMILES string of the molecule is C=CC.C=CC(=C)c1nc2c(nc1CCCCC(O)O)=CC(C(=O)N1CC3(CCNCC3)C1)C(C)C=2. The number of nitrogens with one attached hydrogen (secondary N) is 1. The number of aliphatic hydroxyl groups is 2. The van der Waals surface area contributed by atoms with E-state index < -0.39 is 6.29 Å². The Balaban J connectivity index is 0.00000115. The van der Waals surface area contributed by atoms with Gasteiger partial charge >= 0.3 is 0 Å². The molecule has 2 aliphatic heterocycles. The number of allylic oxidation sites excluding steroid dienone is 3. The fraction of sp³-hybridized carbons (Fsp3) is 0.552. The minimum atomic E-state index is -1.29. The molecule has 7 heteroatoms. The summed E-state index contributed by atoms with van der Waals surface area (Å²) in [6.07, 6.45) is 10.9. The van der Waals surface area contributed by atoms with Crippen LogP contribution in [-0.2, 0) is 11.2 Å². The number of nitrogens with zero attached hydrogens (tertiary/aromatic N) is 3. The normalized spacial score (nSPS) is 21.8. The molecule has 0 bridgehead atoms. The first kappa shape index (κ1) is 28.0. The Labute approximate surface area is 215 Å². The smallest absolute Gasteiger partial charge is 0.230 e. The summed E-state index contributed by atoms with van der Waals surface area (Å²) in [5.74, 6) is 0.00994. The van der Waals surface area contributed by atoms with Gasteiger partial charge in [-0.15, -0.1) is 6.58 Å². The maximum atomic E-state index is 13.3. The molecule has 0 saturated carbocycles. The van der Waals surface area contributed by atoms with E-state index in [2.05, 4.69) is 38.1 Å². The van der Waals surface area contributed by atoms with E-state index in [-0.39, 0.29) is 17.7 Å². The molecule has 3 aliphatic rings. The summed E-state index contributed by atoms with van der Waals surface area (Å²) in [5, 5.41) is 23.1. The highest BCUT2D eigenvalue weighted by Gasteiger charge is 2.46. The molecule has 7 nitrogen and oxygen atoms in total. The fourth-order valence-electron chi connectivity index (χ4n) is 5.26. The summed E-state index contributed by atoms with van der Waals surface area (Å²) in [6, 6.07) is 0. The molecule has 36 heavy (non-hydrogen) atoms. The molecule has 3 N–H and O–H groups in total. The van der Waals surface area contributed by atoms with Crippen molar-refractivity contribution in [3.8, 4) is 0 Å². The standard InChI is InChI=1S/C26H36N4O3.C3H6/c1-4-17(2)24-20(7-5-6-8-23(31)32)28-22-14-19(18(3)13-21(22)29-24)25(33)30-15-26(16-30)9-11-27-12-10-26;1-3-2/h4,13-14,18-19,23,27,31-32H,1-2,5-12,15-16H2,3H3;3H,1H2,2H3. The van der Waals surface area contributed by atoms with Gasteiger partial charge in [-0.3, -0.25) is 4.79 Å². The molecule has 1 amide bonds. The van der Waals surface area contributed by atoms with E-state index in [9.17, 15) is 4.79 Å². The Morgan fingerprint density at radius 3 is 2.44 bits per heavy atom. The molecule has 2 atom stereocenters. The molecule has 2 fully saturated rings. The van der Waals surface area contributed by atoms with Crippen LogP contribution >= 0.6 is 0 Å². The molecule has 2 saturated heterocycles. The number of piperidine rings is 1. The number of hydrogen-bond acceptors (Lipinski definition) is 6. The Kier molecular flexibility index (Phi) is 9.77. The fourth-order valence-corrected chi connectivity index (χ4v) is 5.26. The van der Waals surface area contributed by atoms with Crippen molar-refractivity contribution in [2.45, 2.75) is 58.7 Å². The number of carbonyl (C=O) groups is 1. The third-order valence-electron chi connectivity index (χ3n) is 7.34. The van der Waals surface area contributed by atoms with Gasteiger partial charge in [0.1, 0.15) is 0 Å². The lowest BCUT2D eigenvalue weighted by Crippen LogP contribution is -2.63. The number of unbranched alkanes of at least 4 members (excludes halogenated alkanes) is 1. The van der Waals surface area contributed by atoms with Gasteiger partial charge in [-0.1, -0.05) is 38.3 Å². The molecule has 1 spiro atoms. The third kappa shape index (κ3) is 6.58. The largest absolute Gasteiger partial charge is 0.368 e. The van der Waals surface area contributed by atoms with Crippen LogP contribution in [0.3, 0.4) is 0 Å². The van der Waals surface area contributed by atoms with Gasteiger partial charge in [-0.2, -0.15) is 0 Å². The van der Waals surface area contributed by atoms with Crippen LogP contribution in [-0.4, -0.2) is 63.5 Å². The molecule has 0 aromatic carbocycles. The van der Waals surface area contributed by atoms with E-state index in [1.807, 2.05) is 17.9 Å². The highest BCUT2D eigenvalue weighted by molar-refractivity contribution is 5.86. The van der Waals surface area contributed by atoms with E-state index in [0.29, 0.717) is 24.7 Å². The number of rotatable bonds is 8. The molecule has 196 valence electrons. The maximum Gasteiger partial charge on any atom is 0.230 e. The maximum absolute atomic E-state index is 13.3. The lowest BCUT2D eigenvalue weighted by molar-refractivity contribution is -0.148. The molecular formula is C29H42N4O3. The minimum Gasteiger partial charge on any atom is -0.368 e. The van der Waals surface area contributed by atoms with Crippen molar-refractivity contribution in [3.63, 3.8) is 0 Å². The van der Waals surface area contributed by atoms with Crippen LogP contribution in [0.5, 0.6) is 0 Å². The lowest BCUT2D eigenvalue weighted by atomic mass is 9.71. The number of hydrogen-bond donors (Lipinski definition) is 3. The van der Waals surface area contributed by atoms with Crippen molar-refractivity contribution < 1.29 is 15.0 Å². The Hall–Kier alpha value is -2.61. The number of aryl methyl sites for hydroxylation is 1. The minimum absolute atomic E-state index is 0.0469. The number of amides is 1. The van der Waals surface area contributed by atoms with E-state index >= 15 is 0 Å². The van der Waals surface area contributed by atoms with Gasteiger partial charge in [0.25, 0.3) is 0 Å². The first-order valence-electron chi connectivity index (χ1n) is 13.1. The lowest BCUT2D eigenvalue weighted by Gasteiger charge is -2.53. The van der Waals surface area contributed by atoms with Crippen LogP contribution in [0.4, 0.5) is 0 Å². The molecule has 1 aromatic heterocycles. The quantitative estimate of drug-likeness (QED) is 0.221. The van der Waals surface area contributed by atoms with Gasteiger partial charge in [0.15, 0.2) is 6.29 Å². The van der Waals surface area contributed by atoms with Crippen LogP contribution in [0.2, 0.25) is 0 Å². The molecule has 0 radical (unpaired) electrons. The summed E-state index contributed by atoms with van der Waals surface area (Å²) in [4.78, 5) is 25.1. The number of fused-ring (bicyclic) bond motifs is 1. The zero-order chi connectivity index (χ0) is 26.3. The number of carbonyl (C=O) groups excluding carboxylic acids is 1. The molecule has 1 aliphatic carbocycles. The first-order valence-corrected chi connectivity index (χ1v) is 13.1. The monoisotopic (exact) mass is 494 g/mol. The van der Waals surface area contributed by atoms with E-state index in [1.165, 1.54) is 0 Å². The van der Waals surface area contributed by atoms with E-state index in [0.717, 1.165) is 73.1 Å². The van der Waals surface area contributed by atoms with E-state index in [4.69, 9.17) is 20.2 Å². The zero-order valence-electron chi connectivity index (χ0n) is 21.9. The van der Waals surface area contributed by atoms with Crippen LogP contribution in [0, 0.1) is 17.3 Å². The van der Waals surface area contributed by atoms with Crippen molar-refractivity contribution in [2.24, 2.45) is 17.3 Å².